The van der Waals surface area contributed by atoms with E-state index in [0.717, 1.165) is 17.6 Å². The predicted octanol–water partition coefficient (Wildman–Crippen LogP) is 0.505. The number of hydrogen-bond donors (Lipinski definition) is 2. The molecule has 3 nitrogen and oxygen atoms in total. The van der Waals surface area contributed by atoms with E-state index in [4.69, 9.17) is 17.0 Å². The molecule has 0 amide bonds. The van der Waals surface area contributed by atoms with Gasteiger partial charge in [-0.05, 0) is 24.6 Å². The van der Waals surface area contributed by atoms with Crippen molar-refractivity contribution in [3.05, 3.63) is 0 Å². The second-order valence-corrected chi connectivity index (χ2v) is 3.62. The van der Waals surface area contributed by atoms with Crippen LogP contribution in [-0.2, 0) is 4.74 Å². The van der Waals surface area contributed by atoms with Crippen LogP contribution >= 0.6 is 12.2 Å². The maximum atomic E-state index is 5.06. The van der Waals surface area contributed by atoms with Crippen LogP contribution in [0.5, 0.6) is 0 Å². The first kappa shape index (κ1) is 9.74. The zero-order valence-electron chi connectivity index (χ0n) is 7.59. The number of ether oxygens (including phenoxy) is 1. The van der Waals surface area contributed by atoms with Gasteiger partial charge in [-0.1, -0.05) is 6.92 Å². The van der Waals surface area contributed by atoms with Crippen molar-refractivity contribution in [2.75, 3.05) is 20.3 Å². The zero-order chi connectivity index (χ0) is 8.97. The molecule has 1 aliphatic carbocycles. The Morgan fingerprint density at radius 2 is 2.33 bits per heavy atom. The second kappa shape index (κ2) is 4.62. The molecule has 0 radical (unpaired) electrons. The van der Waals surface area contributed by atoms with Gasteiger partial charge in [0.1, 0.15) is 0 Å². The number of hydrogen-bond acceptors (Lipinski definition) is 2. The van der Waals surface area contributed by atoms with Crippen molar-refractivity contribution >= 4 is 17.3 Å². The number of nitrogens with one attached hydrogen (secondary N) is 2. The van der Waals surface area contributed by atoms with Crippen LogP contribution in [0.3, 0.4) is 0 Å². The highest BCUT2D eigenvalue weighted by Crippen LogP contribution is 2.28. The molecule has 0 aromatic heterocycles. The number of methoxy groups -OCH3 is 1. The van der Waals surface area contributed by atoms with E-state index < -0.39 is 0 Å². The summed E-state index contributed by atoms with van der Waals surface area (Å²) in [5.41, 5.74) is 0. The van der Waals surface area contributed by atoms with Crippen LogP contribution in [0.2, 0.25) is 0 Å². The van der Waals surface area contributed by atoms with Crippen molar-refractivity contribution in [1.82, 2.24) is 10.6 Å². The molecule has 1 aliphatic rings. The Balaban J connectivity index is 1.97. The highest BCUT2D eigenvalue weighted by atomic mass is 32.1. The Morgan fingerprint density at radius 1 is 1.67 bits per heavy atom. The van der Waals surface area contributed by atoms with Crippen LogP contribution in [0.25, 0.3) is 0 Å². The first-order valence-electron chi connectivity index (χ1n) is 4.27. The third-order valence-electron chi connectivity index (χ3n) is 2.02. The van der Waals surface area contributed by atoms with Crippen LogP contribution in [0.1, 0.15) is 13.3 Å². The fraction of sp³-hybridized carbons (Fsp3) is 0.875. The zero-order valence-corrected chi connectivity index (χ0v) is 8.41. The average molecular weight is 188 g/mol. The highest BCUT2D eigenvalue weighted by Gasteiger charge is 2.32. The Kier molecular flexibility index (Phi) is 3.75. The van der Waals surface area contributed by atoms with Crippen molar-refractivity contribution in [2.45, 2.75) is 19.4 Å². The fourth-order valence-electron chi connectivity index (χ4n) is 1.01. The number of rotatable bonds is 4. The molecule has 2 atom stereocenters. The summed E-state index contributed by atoms with van der Waals surface area (Å²) in [6.07, 6.45) is 1.24. The summed E-state index contributed by atoms with van der Waals surface area (Å²) < 4.78 is 4.88. The van der Waals surface area contributed by atoms with Crippen molar-refractivity contribution in [2.24, 2.45) is 5.92 Å². The summed E-state index contributed by atoms with van der Waals surface area (Å²) in [6.45, 7) is 3.70. The smallest absolute Gasteiger partial charge is 0.166 e. The topological polar surface area (TPSA) is 33.3 Å². The monoisotopic (exact) mass is 188 g/mol. The van der Waals surface area contributed by atoms with E-state index in [1.807, 2.05) is 0 Å². The first-order valence-corrected chi connectivity index (χ1v) is 4.68. The summed E-state index contributed by atoms with van der Waals surface area (Å²) in [6, 6.07) is 0.604. The molecular formula is C8H16N2OS. The lowest BCUT2D eigenvalue weighted by Crippen LogP contribution is -2.38. The molecule has 0 aromatic rings. The molecule has 1 fully saturated rings. The normalized spacial score (nSPS) is 26.5. The maximum absolute atomic E-state index is 5.06. The Morgan fingerprint density at radius 3 is 2.83 bits per heavy atom. The van der Waals surface area contributed by atoms with Gasteiger partial charge < -0.3 is 15.4 Å². The van der Waals surface area contributed by atoms with E-state index in [-0.39, 0.29) is 0 Å². The van der Waals surface area contributed by atoms with E-state index in [2.05, 4.69) is 17.6 Å². The molecule has 0 bridgehead atoms. The van der Waals surface area contributed by atoms with Gasteiger partial charge in [-0.25, -0.2) is 0 Å². The summed E-state index contributed by atoms with van der Waals surface area (Å²) in [5.74, 6) is 0.784. The van der Waals surface area contributed by atoms with Crippen LogP contribution in [0.15, 0.2) is 0 Å². The molecule has 0 spiro atoms. The van der Waals surface area contributed by atoms with Crippen molar-refractivity contribution in [3.8, 4) is 0 Å². The molecule has 0 aliphatic heterocycles. The SMILES string of the molecule is COCCNC(=S)NC1CC1C. The van der Waals surface area contributed by atoms with Gasteiger partial charge in [-0.2, -0.15) is 0 Å². The minimum absolute atomic E-state index is 0.604. The van der Waals surface area contributed by atoms with Crippen LogP contribution in [-0.4, -0.2) is 31.4 Å². The molecule has 2 unspecified atom stereocenters. The lowest BCUT2D eigenvalue weighted by Gasteiger charge is -2.08. The van der Waals surface area contributed by atoms with E-state index >= 15 is 0 Å². The Bertz CT molecular complexity index is 163. The summed E-state index contributed by atoms with van der Waals surface area (Å²) in [5, 5.41) is 7.05. The minimum atomic E-state index is 0.604. The molecule has 0 aromatic carbocycles. The molecular weight excluding hydrogens is 172 g/mol. The average Bonchev–Trinajstić information content (AvgIpc) is 2.67. The standard InChI is InChI=1S/C8H16N2OS/c1-6-5-7(6)10-8(12)9-3-4-11-2/h6-7H,3-5H2,1-2H3,(H2,9,10,12). The summed E-state index contributed by atoms with van der Waals surface area (Å²) in [4.78, 5) is 0. The van der Waals surface area contributed by atoms with Crippen LogP contribution in [0, 0.1) is 5.92 Å². The maximum Gasteiger partial charge on any atom is 0.166 e. The highest BCUT2D eigenvalue weighted by molar-refractivity contribution is 7.80. The second-order valence-electron chi connectivity index (χ2n) is 3.21. The molecule has 0 heterocycles. The molecule has 70 valence electrons. The van der Waals surface area contributed by atoms with Gasteiger partial charge in [0, 0.05) is 19.7 Å². The summed E-state index contributed by atoms with van der Waals surface area (Å²) >= 11 is 5.06. The van der Waals surface area contributed by atoms with Crippen LogP contribution < -0.4 is 10.6 Å². The molecule has 1 saturated carbocycles. The van der Waals surface area contributed by atoms with Gasteiger partial charge >= 0.3 is 0 Å². The van der Waals surface area contributed by atoms with E-state index in [0.29, 0.717) is 12.6 Å². The van der Waals surface area contributed by atoms with E-state index in [1.165, 1.54) is 6.42 Å². The lowest BCUT2D eigenvalue weighted by atomic mass is 10.5. The van der Waals surface area contributed by atoms with Gasteiger partial charge in [-0.15, -0.1) is 0 Å². The predicted molar refractivity (Wildman–Crippen MR) is 53.2 cm³/mol. The van der Waals surface area contributed by atoms with Crippen molar-refractivity contribution < 1.29 is 4.74 Å². The van der Waals surface area contributed by atoms with Gasteiger partial charge in [0.2, 0.25) is 0 Å². The quantitative estimate of drug-likeness (QED) is 0.497. The Labute approximate surface area is 78.9 Å². The molecule has 0 saturated heterocycles. The lowest BCUT2D eigenvalue weighted by molar-refractivity contribution is 0.204. The Hall–Kier alpha value is -0.350. The van der Waals surface area contributed by atoms with Gasteiger partial charge in [0.25, 0.3) is 0 Å². The van der Waals surface area contributed by atoms with Gasteiger partial charge in [0.05, 0.1) is 6.61 Å². The molecule has 1 rings (SSSR count). The minimum Gasteiger partial charge on any atom is -0.383 e. The van der Waals surface area contributed by atoms with E-state index in [1.54, 1.807) is 7.11 Å². The third-order valence-corrected chi connectivity index (χ3v) is 2.28. The van der Waals surface area contributed by atoms with E-state index in [9.17, 15) is 0 Å². The first-order chi connectivity index (χ1) is 5.74. The molecule has 4 heteroatoms. The summed E-state index contributed by atoms with van der Waals surface area (Å²) in [7, 11) is 1.68. The number of thiocarbonyl (C=S) groups is 1. The fourth-order valence-corrected chi connectivity index (χ4v) is 1.26. The third kappa shape index (κ3) is 3.36. The van der Waals surface area contributed by atoms with Crippen molar-refractivity contribution in [3.63, 3.8) is 0 Å². The molecule has 12 heavy (non-hydrogen) atoms. The molecule has 2 N–H and O–H groups in total. The van der Waals surface area contributed by atoms with Gasteiger partial charge in [0.15, 0.2) is 5.11 Å². The van der Waals surface area contributed by atoms with Gasteiger partial charge in [-0.3, -0.25) is 0 Å². The largest absolute Gasteiger partial charge is 0.383 e. The van der Waals surface area contributed by atoms with Crippen LogP contribution in [0.4, 0.5) is 0 Å². The van der Waals surface area contributed by atoms with Crippen molar-refractivity contribution in [1.29, 1.82) is 0 Å².